The number of benzene rings is 2. The fourth-order valence-corrected chi connectivity index (χ4v) is 5.07. The number of carbonyl (C=O) groups excluding carboxylic acids is 1. The Morgan fingerprint density at radius 3 is 2.38 bits per heavy atom. The predicted octanol–water partition coefficient (Wildman–Crippen LogP) is 6.32. The molecule has 0 unspecified atom stereocenters. The Kier molecular flexibility index (Phi) is 7.90. The van der Waals surface area contributed by atoms with Crippen molar-refractivity contribution in [3.05, 3.63) is 64.8 Å². The zero-order valence-corrected chi connectivity index (χ0v) is 21.4. The Hall–Kier alpha value is -3.26. The lowest BCUT2D eigenvalue weighted by molar-refractivity contribution is -0.140. The fourth-order valence-electron chi connectivity index (χ4n) is 4.34. The Morgan fingerprint density at radius 1 is 0.974 bits per heavy atom. The SMILES string of the molecule is O=C(N[C@@H]1CCC[C@H](Nc2cc(C(F)(F)F)nc3ccc(Cl)cc23)C1)c1cccc(NS(=O)(=O)C(F)(F)F)c1. The van der Waals surface area contributed by atoms with E-state index in [2.05, 4.69) is 15.6 Å². The van der Waals surface area contributed by atoms with Gasteiger partial charge in [0, 0.05) is 39.4 Å². The summed E-state index contributed by atoms with van der Waals surface area (Å²) in [5, 5.41) is 6.61. The molecule has 1 saturated carbocycles. The summed E-state index contributed by atoms with van der Waals surface area (Å²) >= 11 is 6.05. The maximum atomic E-state index is 13.4. The van der Waals surface area contributed by atoms with Gasteiger partial charge in [-0.1, -0.05) is 17.7 Å². The molecule has 0 radical (unpaired) electrons. The molecule has 1 aliphatic carbocycles. The van der Waals surface area contributed by atoms with Crippen LogP contribution < -0.4 is 15.4 Å². The van der Waals surface area contributed by atoms with Crippen LogP contribution >= 0.6 is 11.6 Å². The number of alkyl halides is 6. The van der Waals surface area contributed by atoms with E-state index in [0.29, 0.717) is 36.1 Å². The first-order chi connectivity index (χ1) is 18.1. The van der Waals surface area contributed by atoms with E-state index in [1.807, 2.05) is 0 Å². The number of hydrogen-bond acceptors (Lipinski definition) is 5. The minimum Gasteiger partial charge on any atom is -0.382 e. The molecule has 0 aliphatic heterocycles. The van der Waals surface area contributed by atoms with Gasteiger partial charge in [0.25, 0.3) is 5.91 Å². The number of hydrogen-bond donors (Lipinski definition) is 3. The summed E-state index contributed by atoms with van der Waals surface area (Å²) in [6.07, 6.45) is -2.54. The highest BCUT2D eigenvalue weighted by molar-refractivity contribution is 7.93. The van der Waals surface area contributed by atoms with Crippen LogP contribution in [-0.4, -0.2) is 36.9 Å². The molecule has 0 spiro atoms. The smallest absolute Gasteiger partial charge is 0.382 e. The molecule has 7 nitrogen and oxygen atoms in total. The molecule has 39 heavy (non-hydrogen) atoms. The zero-order chi connectivity index (χ0) is 28.6. The van der Waals surface area contributed by atoms with Crippen LogP contribution in [0.25, 0.3) is 10.9 Å². The number of rotatable bonds is 6. The number of pyridine rings is 1. The molecule has 1 amide bonds. The third-order valence-electron chi connectivity index (χ3n) is 6.11. The Balaban J connectivity index is 1.48. The molecule has 2 atom stereocenters. The van der Waals surface area contributed by atoms with Crippen molar-refractivity contribution in [3.8, 4) is 0 Å². The van der Waals surface area contributed by atoms with Crippen LogP contribution in [0.4, 0.5) is 37.7 Å². The zero-order valence-electron chi connectivity index (χ0n) is 19.8. The van der Waals surface area contributed by atoms with Gasteiger partial charge in [-0.3, -0.25) is 9.52 Å². The highest BCUT2D eigenvalue weighted by atomic mass is 35.5. The molecule has 0 saturated heterocycles. The van der Waals surface area contributed by atoms with Crippen molar-refractivity contribution >= 4 is 49.8 Å². The molecule has 1 heterocycles. The lowest BCUT2D eigenvalue weighted by Crippen LogP contribution is -2.41. The molecular formula is C24H21ClF6N4O3S. The molecule has 3 N–H and O–H groups in total. The van der Waals surface area contributed by atoms with Crippen molar-refractivity contribution in [2.45, 2.75) is 49.5 Å². The van der Waals surface area contributed by atoms with Crippen LogP contribution in [0, 0.1) is 0 Å². The molecule has 15 heteroatoms. The summed E-state index contributed by atoms with van der Waals surface area (Å²) in [6.45, 7) is 0. The first-order valence-electron chi connectivity index (χ1n) is 11.6. The number of fused-ring (bicyclic) bond motifs is 1. The van der Waals surface area contributed by atoms with Crippen molar-refractivity contribution in [2.24, 2.45) is 0 Å². The van der Waals surface area contributed by atoms with E-state index in [1.54, 1.807) is 0 Å². The highest BCUT2D eigenvalue weighted by Crippen LogP contribution is 2.35. The standard InChI is InChI=1S/C24H21ClF6N4O3S/c25-14-7-8-19-18(10-14)20(12-21(34-19)23(26,27)28)32-15-4-2-5-16(11-15)33-22(36)13-3-1-6-17(9-13)35-39(37,38)24(29,30)31/h1,3,6-10,12,15-16,35H,2,4-5,11H2,(H,32,34)(H,33,36)/t15-,16+/m0/s1. The van der Waals surface area contributed by atoms with Crippen molar-refractivity contribution in [1.29, 1.82) is 0 Å². The average molecular weight is 595 g/mol. The number of amides is 1. The summed E-state index contributed by atoms with van der Waals surface area (Å²) in [5.41, 5.74) is -6.80. The van der Waals surface area contributed by atoms with E-state index in [9.17, 15) is 39.6 Å². The highest BCUT2D eigenvalue weighted by Gasteiger charge is 2.46. The second-order valence-corrected chi connectivity index (χ2v) is 11.1. The van der Waals surface area contributed by atoms with E-state index in [0.717, 1.165) is 18.2 Å². The molecule has 4 rings (SSSR count). The van der Waals surface area contributed by atoms with Gasteiger partial charge in [0.2, 0.25) is 0 Å². The minimum atomic E-state index is -5.66. The van der Waals surface area contributed by atoms with E-state index >= 15 is 0 Å². The van der Waals surface area contributed by atoms with Crippen molar-refractivity contribution < 1.29 is 39.6 Å². The Morgan fingerprint density at radius 2 is 1.69 bits per heavy atom. The summed E-state index contributed by atoms with van der Waals surface area (Å²) in [7, 11) is -5.66. The monoisotopic (exact) mass is 594 g/mol. The van der Waals surface area contributed by atoms with Gasteiger partial charge in [-0.2, -0.15) is 34.8 Å². The number of sulfonamides is 1. The first-order valence-corrected chi connectivity index (χ1v) is 13.4. The van der Waals surface area contributed by atoms with E-state index in [1.165, 1.54) is 35.1 Å². The van der Waals surface area contributed by atoms with Crippen LogP contribution in [-0.2, 0) is 16.2 Å². The van der Waals surface area contributed by atoms with Gasteiger partial charge < -0.3 is 10.6 Å². The molecule has 0 bridgehead atoms. The molecular weight excluding hydrogens is 574 g/mol. The summed E-state index contributed by atoms with van der Waals surface area (Å²) in [6, 6.07) is 9.11. The van der Waals surface area contributed by atoms with E-state index < -0.39 is 45.0 Å². The number of aromatic nitrogens is 1. The maximum Gasteiger partial charge on any atom is 0.516 e. The van der Waals surface area contributed by atoms with Crippen LogP contribution in [0.3, 0.4) is 0 Å². The lowest BCUT2D eigenvalue weighted by atomic mass is 9.90. The van der Waals surface area contributed by atoms with Gasteiger partial charge in [0.1, 0.15) is 5.69 Å². The van der Waals surface area contributed by atoms with Gasteiger partial charge in [0.15, 0.2) is 0 Å². The van der Waals surface area contributed by atoms with Gasteiger partial charge in [0.05, 0.1) is 5.52 Å². The molecule has 210 valence electrons. The van der Waals surface area contributed by atoms with E-state index in [-0.39, 0.29) is 22.8 Å². The van der Waals surface area contributed by atoms with Gasteiger partial charge >= 0.3 is 21.7 Å². The van der Waals surface area contributed by atoms with E-state index in [4.69, 9.17) is 11.6 Å². The number of carbonyl (C=O) groups is 1. The largest absolute Gasteiger partial charge is 0.516 e. The Bertz CT molecular complexity index is 1500. The summed E-state index contributed by atoms with van der Waals surface area (Å²) in [4.78, 5) is 16.5. The first kappa shape index (κ1) is 28.7. The quantitative estimate of drug-likeness (QED) is 0.290. The lowest BCUT2D eigenvalue weighted by Gasteiger charge is -2.31. The molecule has 1 aliphatic rings. The average Bonchev–Trinajstić information content (AvgIpc) is 2.83. The van der Waals surface area contributed by atoms with Gasteiger partial charge in [-0.05, 0) is 68.1 Å². The molecule has 2 aromatic carbocycles. The number of nitrogens with zero attached hydrogens (tertiary/aromatic N) is 1. The molecule has 1 aromatic heterocycles. The third kappa shape index (κ3) is 6.85. The molecule has 1 fully saturated rings. The second kappa shape index (κ2) is 10.7. The fraction of sp³-hybridized carbons (Fsp3) is 0.333. The number of halogens is 7. The Labute approximate surface area is 224 Å². The number of nitrogens with one attached hydrogen (secondary N) is 3. The van der Waals surface area contributed by atoms with Crippen molar-refractivity contribution in [2.75, 3.05) is 10.0 Å². The van der Waals surface area contributed by atoms with Crippen molar-refractivity contribution in [3.63, 3.8) is 0 Å². The van der Waals surface area contributed by atoms with Crippen LogP contribution in [0.5, 0.6) is 0 Å². The van der Waals surface area contributed by atoms with Crippen LogP contribution in [0.2, 0.25) is 5.02 Å². The number of anilines is 2. The van der Waals surface area contributed by atoms with Gasteiger partial charge in [-0.15, -0.1) is 0 Å². The topological polar surface area (TPSA) is 100 Å². The summed E-state index contributed by atoms with van der Waals surface area (Å²) in [5.74, 6) is -0.644. The molecule has 3 aromatic rings. The minimum absolute atomic E-state index is 0.0722. The van der Waals surface area contributed by atoms with Gasteiger partial charge in [-0.25, -0.2) is 4.98 Å². The predicted molar refractivity (Wildman–Crippen MR) is 134 cm³/mol. The normalized spacial score (nSPS) is 18.5. The maximum absolute atomic E-state index is 13.4. The summed E-state index contributed by atoms with van der Waals surface area (Å²) < 4.78 is 102. The van der Waals surface area contributed by atoms with Crippen molar-refractivity contribution in [1.82, 2.24) is 10.3 Å². The second-order valence-electron chi connectivity index (χ2n) is 9.02. The van der Waals surface area contributed by atoms with Crippen LogP contribution in [0.15, 0.2) is 48.5 Å². The van der Waals surface area contributed by atoms with Crippen LogP contribution in [0.1, 0.15) is 41.7 Å². The third-order valence-corrected chi connectivity index (χ3v) is 7.46.